The molecule has 0 spiro atoms. The van der Waals surface area contributed by atoms with Crippen molar-refractivity contribution in [3.8, 4) is 0 Å². The van der Waals surface area contributed by atoms with Crippen molar-refractivity contribution < 1.29 is 4.79 Å². The molecule has 1 amide bonds. The lowest BCUT2D eigenvalue weighted by atomic mass is 10.1. The van der Waals surface area contributed by atoms with Crippen molar-refractivity contribution in [3.63, 3.8) is 0 Å². The third-order valence-corrected chi connectivity index (χ3v) is 2.37. The summed E-state index contributed by atoms with van der Waals surface area (Å²) in [6.07, 6.45) is 0. The molecule has 0 fully saturated rings. The Bertz CT molecular complexity index is 348. The van der Waals surface area contributed by atoms with Gasteiger partial charge in [0.05, 0.1) is 0 Å². The summed E-state index contributed by atoms with van der Waals surface area (Å²) in [7, 11) is 0. The molecule has 0 radical (unpaired) electrons. The fourth-order valence-electron chi connectivity index (χ4n) is 1.33. The van der Waals surface area contributed by atoms with Crippen LogP contribution in [0.15, 0.2) is 24.3 Å². The zero-order valence-electron chi connectivity index (χ0n) is 10.2. The maximum atomic E-state index is 11.6. The van der Waals surface area contributed by atoms with Crippen molar-refractivity contribution in [3.05, 3.63) is 29.8 Å². The van der Waals surface area contributed by atoms with Crippen LogP contribution in [0.25, 0.3) is 0 Å². The van der Waals surface area contributed by atoms with Gasteiger partial charge in [0.15, 0.2) is 0 Å². The van der Waals surface area contributed by atoms with Gasteiger partial charge in [-0.25, -0.2) is 0 Å². The average Bonchev–Trinajstić information content (AvgIpc) is 2.27. The first-order valence-electron chi connectivity index (χ1n) is 5.74. The second kappa shape index (κ2) is 6.28. The number of nitrogens with one attached hydrogen (secondary N) is 2. The molecule has 2 N–H and O–H groups in total. The van der Waals surface area contributed by atoms with Crippen LogP contribution >= 0.6 is 0 Å². The van der Waals surface area contributed by atoms with E-state index < -0.39 is 0 Å². The fourth-order valence-corrected chi connectivity index (χ4v) is 1.33. The van der Waals surface area contributed by atoms with E-state index in [4.69, 9.17) is 0 Å². The zero-order valence-corrected chi connectivity index (χ0v) is 10.2. The molecule has 0 bridgehead atoms. The number of anilines is 1. The molecule has 3 heteroatoms. The molecular weight excluding hydrogens is 200 g/mol. The number of hydrogen-bond acceptors (Lipinski definition) is 2. The van der Waals surface area contributed by atoms with E-state index in [-0.39, 0.29) is 11.8 Å². The van der Waals surface area contributed by atoms with Gasteiger partial charge in [-0.2, -0.15) is 0 Å². The summed E-state index contributed by atoms with van der Waals surface area (Å²) >= 11 is 0. The molecule has 0 unspecified atom stereocenters. The second-order valence-corrected chi connectivity index (χ2v) is 4.08. The van der Waals surface area contributed by atoms with Crippen molar-refractivity contribution in [2.75, 3.05) is 11.9 Å². The fraction of sp³-hybridized carbons (Fsp3) is 0.462. The van der Waals surface area contributed by atoms with Crippen molar-refractivity contribution in [1.82, 2.24) is 5.32 Å². The van der Waals surface area contributed by atoms with Gasteiger partial charge >= 0.3 is 0 Å². The zero-order chi connectivity index (χ0) is 12.0. The van der Waals surface area contributed by atoms with E-state index in [0.717, 1.165) is 24.3 Å². The van der Waals surface area contributed by atoms with E-state index in [0.29, 0.717) is 0 Å². The van der Waals surface area contributed by atoms with Gasteiger partial charge in [0, 0.05) is 18.2 Å². The molecule has 0 saturated carbocycles. The first kappa shape index (κ1) is 12.7. The summed E-state index contributed by atoms with van der Waals surface area (Å²) in [5.74, 6) is 0.0659. The third kappa shape index (κ3) is 3.66. The minimum atomic E-state index is 0.00666. The molecule has 0 aromatic heterocycles. The molecule has 0 aliphatic rings. The largest absolute Gasteiger partial charge is 0.326 e. The van der Waals surface area contributed by atoms with Crippen molar-refractivity contribution in [2.45, 2.75) is 27.3 Å². The van der Waals surface area contributed by atoms with Crippen LogP contribution in [0, 0.1) is 5.92 Å². The molecule has 3 nitrogen and oxygen atoms in total. The van der Waals surface area contributed by atoms with Crippen LogP contribution in [0.4, 0.5) is 5.69 Å². The van der Waals surface area contributed by atoms with Gasteiger partial charge in [-0.05, 0) is 18.2 Å². The third-order valence-electron chi connectivity index (χ3n) is 2.37. The van der Waals surface area contributed by atoms with Crippen molar-refractivity contribution in [2.24, 2.45) is 5.92 Å². The van der Waals surface area contributed by atoms with Crippen LogP contribution in [-0.2, 0) is 11.3 Å². The maximum Gasteiger partial charge on any atom is 0.226 e. The standard InChI is InChI=1S/C13H20N2O/c1-4-14-9-11-7-5-6-8-12(11)15-13(16)10(2)3/h5-8,10,14H,4,9H2,1-3H3,(H,15,16). The van der Waals surface area contributed by atoms with E-state index in [1.807, 2.05) is 38.1 Å². The Labute approximate surface area is 97.2 Å². The highest BCUT2D eigenvalue weighted by molar-refractivity contribution is 5.92. The van der Waals surface area contributed by atoms with Gasteiger partial charge in [-0.1, -0.05) is 39.0 Å². The minimum absolute atomic E-state index is 0.00666. The summed E-state index contributed by atoms with van der Waals surface area (Å²) in [6, 6.07) is 7.88. The number of hydrogen-bond donors (Lipinski definition) is 2. The van der Waals surface area contributed by atoms with Gasteiger partial charge in [-0.15, -0.1) is 0 Å². The Morgan fingerprint density at radius 1 is 1.31 bits per heavy atom. The van der Waals surface area contributed by atoms with Crippen molar-refractivity contribution >= 4 is 11.6 Å². The summed E-state index contributed by atoms with van der Waals surface area (Å²) in [5.41, 5.74) is 2.03. The molecule has 16 heavy (non-hydrogen) atoms. The molecule has 1 rings (SSSR count). The molecule has 1 aromatic carbocycles. The highest BCUT2D eigenvalue weighted by atomic mass is 16.1. The molecular formula is C13H20N2O. The number of carbonyl (C=O) groups excluding carboxylic acids is 1. The number of rotatable bonds is 5. The number of benzene rings is 1. The highest BCUT2D eigenvalue weighted by Crippen LogP contribution is 2.15. The van der Waals surface area contributed by atoms with E-state index >= 15 is 0 Å². The molecule has 1 aromatic rings. The maximum absolute atomic E-state index is 11.6. The van der Waals surface area contributed by atoms with Gasteiger partial charge in [-0.3, -0.25) is 4.79 Å². The monoisotopic (exact) mass is 220 g/mol. The Kier molecular flexibility index (Phi) is 4.99. The lowest BCUT2D eigenvalue weighted by Gasteiger charge is -2.12. The highest BCUT2D eigenvalue weighted by Gasteiger charge is 2.09. The lowest BCUT2D eigenvalue weighted by molar-refractivity contribution is -0.118. The Morgan fingerprint density at radius 2 is 2.00 bits per heavy atom. The number of amides is 1. The van der Waals surface area contributed by atoms with Crippen LogP contribution in [0.1, 0.15) is 26.3 Å². The van der Waals surface area contributed by atoms with Crippen LogP contribution in [0.5, 0.6) is 0 Å². The molecule has 0 saturated heterocycles. The van der Waals surface area contributed by atoms with E-state index in [9.17, 15) is 4.79 Å². The van der Waals surface area contributed by atoms with E-state index in [2.05, 4.69) is 17.6 Å². The van der Waals surface area contributed by atoms with Gasteiger partial charge in [0.1, 0.15) is 0 Å². The van der Waals surface area contributed by atoms with Crippen LogP contribution in [0.3, 0.4) is 0 Å². The quantitative estimate of drug-likeness (QED) is 0.800. The predicted octanol–water partition coefficient (Wildman–Crippen LogP) is 2.39. The summed E-state index contributed by atoms with van der Waals surface area (Å²) < 4.78 is 0. The van der Waals surface area contributed by atoms with Crippen molar-refractivity contribution in [1.29, 1.82) is 0 Å². The van der Waals surface area contributed by atoms with Gasteiger partial charge < -0.3 is 10.6 Å². The van der Waals surface area contributed by atoms with E-state index in [1.54, 1.807) is 0 Å². The Morgan fingerprint density at radius 3 is 2.62 bits per heavy atom. The second-order valence-electron chi connectivity index (χ2n) is 4.08. The van der Waals surface area contributed by atoms with Gasteiger partial charge in [0.2, 0.25) is 5.91 Å². The van der Waals surface area contributed by atoms with Crippen LogP contribution in [-0.4, -0.2) is 12.5 Å². The average molecular weight is 220 g/mol. The Hall–Kier alpha value is -1.35. The number of para-hydroxylation sites is 1. The van der Waals surface area contributed by atoms with Gasteiger partial charge in [0.25, 0.3) is 0 Å². The SMILES string of the molecule is CCNCc1ccccc1NC(=O)C(C)C. The van der Waals surface area contributed by atoms with E-state index in [1.165, 1.54) is 0 Å². The topological polar surface area (TPSA) is 41.1 Å². The Balaban J connectivity index is 2.74. The summed E-state index contributed by atoms with van der Waals surface area (Å²) in [5, 5.41) is 6.20. The number of carbonyl (C=O) groups is 1. The first-order chi connectivity index (χ1) is 7.65. The summed E-state index contributed by atoms with van der Waals surface area (Å²) in [6.45, 7) is 7.55. The molecule has 0 aliphatic carbocycles. The molecule has 0 atom stereocenters. The molecule has 0 aliphatic heterocycles. The van der Waals surface area contributed by atoms with Crippen LogP contribution in [0.2, 0.25) is 0 Å². The normalized spacial score (nSPS) is 10.5. The molecule has 0 heterocycles. The minimum Gasteiger partial charge on any atom is -0.326 e. The molecule has 88 valence electrons. The smallest absolute Gasteiger partial charge is 0.226 e. The predicted molar refractivity (Wildman–Crippen MR) is 67.3 cm³/mol. The first-order valence-corrected chi connectivity index (χ1v) is 5.74. The lowest BCUT2D eigenvalue weighted by Crippen LogP contribution is -2.20. The van der Waals surface area contributed by atoms with Crippen LogP contribution < -0.4 is 10.6 Å². The summed E-state index contributed by atoms with van der Waals surface area (Å²) in [4.78, 5) is 11.6.